The molecule has 178 valence electrons. The Bertz CT molecular complexity index is 1350. The average Bonchev–Trinajstić information content (AvgIpc) is 2.80. The summed E-state index contributed by atoms with van der Waals surface area (Å²) in [6.07, 6.45) is -4.15. The molecule has 34 heavy (non-hydrogen) atoms. The van der Waals surface area contributed by atoms with Crippen molar-refractivity contribution < 1.29 is 17.6 Å². The number of aromatic nitrogens is 3. The fourth-order valence-corrected chi connectivity index (χ4v) is 4.38. The minimum Gasteiger partial charge on any atom is -0.365 e. The highest BCUT2D eigenvalue weighted by atomic mass is 19.4. The number of aryl methyl sites for hydroxylation is 1. The van der Waals surface area contributed by atoms with E-state index in [0.717, 1.165) is 12.1 Å². The predicted molar refractivity (Wildman–Crippen MR) is 119 cm³/mol. The largest absolute Gasteiger partial charge is 0.419 e. The van der Waals surface area contributed by atoms with Gasteiger partial charge in [-0.3, -0.25) is 4.57 Å². The number of pyridine rings is 1. The van der Waals surface area contributed by atoms with E-state index in [9.17, 15) is 27.6 Å². The van der Waals surface area contributed by atoms with Crippen LogP contribution in [0.2, 0.25) is 0 Å². The lowest BCUT2D eigenvalue weighted by molar-refractivity contribution is -0.139. The molecule has 0 unspecified atom stereocenters. The van der Waals surface area contributed by atoms with Crippen LogP contribution in [0, 0.1) is 17.1 Å². The Balaban J connectivity index is 1.74. The van der Waals surface area contributed by atoms with Gasteiger partial charge in [-0.25, -0.2) is 14.2 Å². The third-order valence-corrected chi connectivity index (χ3v) is 6.22. The van der Waals surface area contributed by atoms with Gasteiger partial charge in [0.15, 0.2) is 5.82 Å². The van der Waals surface area contributed by atoms with Crippen LogP contribution in [0.4, 0.5) is 29.1 Å². The Hall–Kier alpha value is -3.68. The van der Waals surface area contributed by atoms with Crippen molar-refractivity contribution in [1.82, 2.24) is 14.5 Å². The summed E-state index contributed by atoms with van der Waals surface area (Å²) < 4.78 is 54.6. The molecule has 0 radical (unpaired) electrons. The maximum Gasteiger partial charge on any atom is 0.419 e. The third kappa shape index (κ3) is 4.04. The zero-order valence-corrected chi connectivity index (χ0v) is 18.8. The topological polar surface area (TPSA) is 78.0 Å². The zero-order chi connectivity index (χ0) is 24.8. The maximum absolute atomic E-state index is 14.3. The first kappa shape index (κ1) is 23.5. The van der Waals surface area contributed by atoms with Crippen molar-refractivity contribution in [2.24, 2.45) is 7.05 Å². The maximum atomic E-state index is 14.3. The molecular formula is C23H22F4N6O. The van der Waals surface area contributed by atoms with Crippen molar-refractivity contribution in [1.29, 1.82) is 5.26 Å². The van der Waals surface area contributed by atoms with E-state index in [-0.39, 0.29) is 17.8 Å². The summed E-state index contributed by atoms with van der Waals surface area (Å²) in [5.41, 5.74) is -0.283. The van der Waals surface area contributed by atoms with Crippen molar-refractivity contribution in [3.05, 3.63) is 57.9 Å². The Kier molecular flexibility index (Phi) is 5.93. The highest BCUT2D eigenvalue weighted by Gasteiger charge is 2.36. The number of alkyl halides is 3. The first-order valence-electron chi connectivity index (χ1n) is 10.7. The predicted octanol–water partition coefficient (Wildman–Crippen LogP) is 3.85. The summed E-state index contributed by atoms with van der Waals surface area (Å²) in [7, 11) is 1.57. The minimum absolute atomic E-state index is 0.188. The van der Waals surface area contributed by atoms with Gasteiger partial charge in [0.1, 0.15) is 23.1 Å². The number of fused-ring (bicyclic) bond motifs is 1. The summed E-state index contributed by atoms with van der Waals surface area (Å²) in [5, 5.41) is 9.28. The third-order valence-electron chi connectivity index (χ3n) is 6.22. The van der Waals surface area contributed by atoms with Gasteiger partial charge in [0, 0.05) is 37.9 Å². The van der Waals surface area contributed by atoms with Gasteiger partial charge in [0.05, 0.1) is 11.1 Å². The van der Waals surface area contributed by atoms with Crippen LogP contribution in [0.5, 0.6) is 0 Å². The summed E-state index contributed by atoms with van der Waals surface area (Å²) in [6.45, 7) is 4.56. The Morgan fingerprint density at radius 3 is 2.50 bits per heavy atom. The second-order valence-electron chi connectivity index (χ2n) is 8.33. The van der Waals surface area contributed by atoms with Crippen molar-refractivity contribution in [3.63, 3.8) is 0 Å². The van der Waals surface area contributed by atoms with Gasteiger partial charge < -0.3 is 9.80 Å². The van der Waals surface area contributed by atoms with Crippen molar-refractivity contribution >= 4 is 22.5 Å². The lowest BCUT2D eigenvalue weighted by Crippen LogP contribution is -2.58. The second kappa shape index (κ2) is 8.59. The molecule has 1 aliphatic rings. The minimum atomic E-state index is -4.76. The van der Waals surface area contributed by atoms with Gasteiger partial charge in [-0.2, -0.15) is 23.4 Å². The monoisotopic (exact) mass is 474 g/mol. The van der Waals surface area contributed by atoms with E-state index in [0.29, 0.717) is 42.0 Å². The molecule has 1 saturated heterocycles. The smallest absolute Gasteiger partial charge is 0.365 e. The summed E-state index contributed by atoms with van der Waals surface area (Å²) in [6, 6.07) is 7.71. The Morgan fingerprint density at radius 1 is 1.15 bits per heavy atom. The van der Waals surface area contributed by atoms with Crippen LogP contribution < -0.4 is 15.5 Å². The van der Waals surface area contributed by atoms with Crippen molar-refractivity contribution in [2.45, 2.75) is 38.5 Å². The van der Waals surface area contributed by atoms with Gasteiger partial charge in [-0.1, -0.05) is 6.92 Å². The number of anilines is 2. The molecule has 7 nitrogen and oxygen atoms in total. The van der Waals surface area contributed by atoms with E-state index < -0.39 is 23.2 Å². The van der Waals surface area contributed by atoms with E-state index in [1.54, 1.807) is 13.1 Å². The summed E-state index contributed by atoms with van der Waals surface area (Å²) in [5.74, 6) is -0.971. The molecule has 0 bridgehead atoms. The number of benzene rings is 1. The fourth-order valence-electron chi connectivity index (χ4n) is 4.38. The Labute approximate surface area is 192 Å². The molecule has 0 aliphatic carbocycles. The average molecular weight is 474 g/mol. The van der Waals surface area contributed by atoms with E-state index in [4.69, 9.17) is 0 Å². The first-order valence-corrected chi connectivity index (χ1v) is 10.7. The molecule has 3 aromatic rings. The molecule has 2 aromatic heterocycles. The first-order chi connectivity index (χ1) is 16.0. The van der Waals surface area contributed by atoms with Gasteiger partial charge in [-0.15, -0.1) is 0 Å². The number of nitrogens with zero attached hydrogens (tertiary/aromatic N) is 6. The van der Waals surface area contributed by atoms with Crippen LogP contribution in [0.1, 0.15) is 31.5 Å². The number of nitriles is 1. The zero-order valence-electron chi connectivity index (χ0n) is 18.8. The lowest BCUT2D eigenvalue weighted by atomic mass is 10.0. The number of piperazine rings is 1. The quantitative estimate of drug-likeness (QED) is 0.537. The molecular weight excluding hydrogens is 452 g/mol. The van der Waals surface area contributed by atoms with E-state index in [1.807, 2.05) is 29.7 Å². The van der Waals surface area contributed by atoms with Gasteiger partial charge in [0.25, 0.3) is 0 Å². The molecule has 0 spiro atoms. The second-order valence-corrected chi connectivity index (χ2v) is 8.33. The standard InChI is InChI=1S/C23H22F4N6O/c1-4-15-12-32(21-20-19(31(3)22(34)30-21)8-5-14(10-28)29-20)13(2)11-33(15)16-6-7-17(18(24)9-16)23(25,26)27/h5-9,13,15H,4,11-12H2,1-3H3/t13-,15-/m0/s1. The van der Waals surface area contributed by atoms with Crippen LogP contribution in [-0.4, -0.2) is 39.7 Å². The van der Waals surface area contributed by atoms with Crippen LogP contribution in [0.3, 0.4) is 0 Å². The van der Waals surface area contributed by atoms with Gasteiger partial charge >= 0.3 is 11.9 Å². The number of hydrogen-bond acceptors (Lipinski definition) is 6. The number of halogens is 4. The molecule has 2 atom stereocenters. The fraction of sp³-hybridized carbons (Fsp3) is 0.391. The molecule has 3 heterocycles. The van der Waals surface area contributed by atoms with Crippen LogP contribution in [-0.2, 0) is 13.2 Å². The molecule has 0 saturated carbocycles. The SMILES string of the molecule is CC[C@H]1CN(c2nc(=O)n(C)c3ccc(C#N)nc23)[C@@H](C)CN1c1ccc(C(F)(F)F)c(F)c1. The van der Waals surface area contributed by atoms with Gasteiger partial charge in [0.2, 0.25) is 0 Å². The van der Waals surface area contributed by atoms with Crippen LogP contribution in [0.25, 0.3) is 11.0 Å². The Morgan fingerprint density at radius 2 is 1.88 bits per heavy atom. The molecule has 0 N–H and O–H groups in total. The van der Waals surface area contributed by atoms with E-state index in [1.165, 1.54) is 16.7 Å². The molecule has 0 amide bonds. The normalized spacial score (nSPS) is 18.9. The molecule has 1 aliphatic heterocycles. The van der Waals surface area contributed by atoms with Crippen LogP contribution >= 0.6 is 0 Å². The number of rotatable bonds is 3. The molecule has 11 heteroatoms. The van der Waals surface area contributed by atoms with Crippen LogP contribution in [0.15, 0.2) is 35.1 Å². The molecule has 4 rings (SSSR count). The highest BCUT2D eigenvalue weighted by Crippen LogP contribution is 2.35. The van der Waals surface area contributed by atoms with Crippen molar-refractivity contribution in [3.8, 4) is 6.07 Å². The summed E-state index contributed by atoms with van der Waals surface area (Å²) in [4.78, 5) is 24.9. The molecule has 1 aromatic carbocycles. The van der Waals surface area contributed by atoms with E-state index >= 15 is 0 Å². The molecule has 1 fully saturated rings. The highest BCUT2D eigenvalue weighted by molar-refractivity contribution is 5.86. The lowest BCUT2D eigenvalue weighted by Gasteiger charge is -2.47. The summed E-state index contributed by atoms with van der Waals surface area (Å²) >= 11 is 0. The van der Waals surface area contributed by atoms with Crippen molar-refractivity contribution in [2.75, 3.05) is 22.9 Å². The van der Waals surface area contributed by atoms with Gasteiger partial charge in [-0.05, 0) is 43.7 Å². The number of hydrogen-bond donors (Lipinski definition) is 0. The van der Waals surface area contributed by atoms with E-state index in [2.05, 4.69) is 9.97 Å².